The minimum Gasteiger partial charge on any atom is -0.507 e. The van der Waals surface area contributed by atoms with Gasteiger partial charge in [-0.15, -0.1) is 0 Å². The molecule has 148 valence electrons. The van der Waals surface area contributed by atoms with E-state index in [1.807, 2.05) is 0 Å². The Labute approximate surface area is 182 Å². The van der Waals surface area contributed by atoms with Gasteiger partial charge in [0.2, 0.25) is 0 Å². The summed E-state index contributed by atoms with van der Waals surface area (Å²) >= 11 is 6.79. The first kappa shape index (κ1) is 20.7. The lowest BCUT2D eigenvalue weighted by atomic mass is 10.0. The molecular formula is C20H14Br2N2O5. The van der Waals surface area contributed by atoms with Gasteiger partial charge in [-0.05, 0) is 68.3 Å². The fourth-order valence-electron chi connectivity index (χ4n) is 2.57. The number of hydrogen-bond donors (Lipinski definition) is 4. The summed E-state index contributed by atoms with van der Waals surface area (Å²) in [7, 11) is 0. The van der Waals surface area contributed by atoms with Crippen molar-refractivity contribution >= 4 is 49.7 Å². The molecule has 0 saturated carbocycles. The summed E-state index contributed by atoms with van der Waals surface area (Å²) in [6.45, 7) is 0. The van der Waals surface area contributed by atoms with Gasteiger partial charge in [-0.2, -0.15) is 0 Å². The Morgan fingerprint density at radius 3 is 2.28 bits per heavy atom. The first-order chi connectivity index (χ1) is 13.9. The van der Waals surface area contributed by atoms with Gasteiger partial charge in [-0.1, -0.05) is 23.4 Å². The number of amides is 1. The molecule has 1 amide bonds. The van der Waals surface area contributed by atoms with E-state index in [9.17, 15) is 15.0 Å². The number of rotatable bonds is 5. The van der Waals surface area contributed by atoms with Crippen molar-refractivity contribution in [1.29, 1.82) is 0 Å². The highest BCUT2D eigenvalue weighted by Gasteiger charge is 2.14. The molecule has 4 N–H and O–H groups in total. The number of carbonyl (C=O) groups excluding carboxylic acids is 1. The van der Waals surface area contributed by atoms with E-state index < -0.39 is 5.91 Å². The Hall–Kier alpha value is -3.04. The van der Waals surface area contributed by atoms with Crippen LogP contribution in [0.1, 0.15) is 0 Å². The number of phenolic OH excluding ortho intramolecular Hbond substituents is 2. The van der Waals surface area contributed by atoms with Gasteiger partial charge in [0.1, 0.15) is 23.5 Å². The normalized spacial score (nSPS) is 10.8. The molecule has 0 bridgehead atoms. The molecule has 0 heterocycles. The van der Waals surface area contributed by atoms with E-state index in [0.29, 0.717) is 37.3 Å². The lowest BCUT2D eigenvalue weighted by Gasteiger charge is -2.14. The first-order valence-corrected chi connectivity index (χ1v) is 9.74. The Morgan fingerprint density at radius 1 is 0.966 bits per heavy atom. The average molecular weight is 522 g/mol. The second-order valence-corrected chi connectivity index (χ2v) is 7.51. The predicted molar refractivity (Wildman–Crippen MR) is 116 cm³/mol. The van der Waals surface area contributed by atoms with Crippen molar-refractivity contribution in [2.75, 3.05) is 5.32 Å². The number of ether oxygens (including phenoxy) is 1. The van der Waals surface area contributed by atoms with Crippen molar-refractivity contribution in [2.45, 2.75) is 0 Å². The molecule has 7 nitrogen and oxygen atoms in total. The monoisotopic (exact) mass is 520 g/mol. The van der Waals surface area contributed by atoms with Gasteiger partial charge in [0.25, 0.3) is 5.91 Å². The van der Waals surface area contributed by atoms with Crippen LogP contribution in [-0.2, 0) is 4.79 Å². The summed E-state index contributed by atoms with van der Waals surface area (Å²) in [5, 5.41) is 33.9. The third kappa shape index (κ3) is 4.87. The number of halogens is 2. The summed E-state index contributed by atoms with van der Waals surface area (Å²) in [6.07, 6.45) is 0.739. The fraction of sp³-hybridized carbons (Fsp3) is 0. The minimum atomic E-state index is -0.592. The molecule has 0 aliphatic rings. The van der Waals surface area contributed by atoms with Crippen LogP contribution in [0.5, 0.6) is 23.0 Å². The number of nitrogens with one attached hydrogen (secondary N) is 1. The van der Waals surface area contributed by atoms with E-state index >= 15 is 0 Å². The van der Waals surface area contributed by atoms with Crippen molar-refractivity contribution in [3.05, 3.63) is 63.5 Å². The van der Waals surface area contributed by atoms with E-state index in [2.05, 4.69) is 42.3 Å². The molecular weight excluding hydrogens is 508 g/mol. The lowest BCUT2D eigenvalue weighted by molar-refractivity contribution is -0.110. The van der Waals surface area contributed by atoms with Crippen molar-refractivity contribution < 1.29 is 25.0 Å². The number of oxime groups is 1. The van der Waals surface area contributed by atoms with Crippen molar-refractivity contribution in [3.8, 4) is 34.1 Å². The van der Waals surface area contributed by atoms with Gasteiger partial charge in [0.15, 0.2) is 5.75 Å². The average Bonchev–Trinajstić information content (AvgIpc) is 2.67. The molecule has 3 aromatic rings. The van der Waals surface area contributed by atoms with E-state index in [-0.39, 0.29) is 11.5 Å². The fourth-order valence-corrected chi connectivity index (χ4v) is 3.92. The highest BCUT2D eigenvalue weighted by Crippen LogP contribution is 2.42. The maximum atomic E-state index is 11.5. The van der Waals surface area contributed by atoms with Crippen molar-refractivity contribution in [1.82, 2.24) is 0 Å². The zero-order chi connectivity index (χ0) is 21.0. The minimum absolute atomic E-state index is 0.000546. The van der Waals surface area contributed by atoms with Gasteiger partial charge in [0, 0.05) is 16.8 Å². The van der Waals surface area contributed by atoms with Crippen molar-refractivity contribution in [3.63, 3.8) is 0 Å². The molecule has 0 atom stereocenters. The van der Waals surface area contributed by atoms with Gasteiger partial charge < -0.3 is 25.5 Å². The van der Waals surface area contributed by atoms with E-state index in [4.69, 9.17) is 9.94 Å². The molecule has 0 aliphatic heterocycles. The molecule has 0 saturated heterocycles. The predicted octanol–water partition coefficient (Wildman–Crippen LogP) is 5.48. The molecule has 9 heteroatoms. The summed E-state index contributed by atoms with van der Waals surface area (Å²) in [5.74, 6) is 0.305. The number of para-hydroxylation sites is 1. The molecule has 29 heavy (non-hydrogen) atoms. The maximum absolute atomic E-state index is 11.5. The van der Waals surface area contributed by atoms with Crippen LogP contribution >= 0.6 is 31.9 Å². The van der Waals surface area contributed by atoms with Crippen LogP contribution in [0.25, 0.3) is 11.1 Å². The third-order valence-corrected chi connectivity index (χ3v) is 5.00. The van der Waals surface area contributed by atoms with Crippen LogP contribution in [0.3, 0.4) is 0 Å². The Kier molecular flexibility index (Phi) is 6.40. The van der Waals surface area contributed by atoms with Crippen LogP contribution < -0.4 is 10.1 Å². The lowest BCUT2D eigenvalue weighted by Crippen LogP contribution is -2.12. The van der Waals surface area contributed by atoms with Gasteiger partial charge in [-0.3, -0.25) is 4.79 Å². The number of aromatic hydroxyl groups is 2. The third-order valence-electron chi connectivity index (χ3n) is 3.82. The molecule has 0 fully saturated rings. The van der Waals surface area contributed by atoms with Crippen molar-refractivity contribution in [2.24, 2.45) is 5.16 Å². The highest BCUT2D eigenvalue weighted by molar-refractivity contribution is 9.11. The second kappa shape index (κ2) is 8.97. The van der Waals surface area contributed by atoms with E-state index in [0.717, 1.165) is 6.21 Å². The summed E-state index contributed by atoms with van der Waals surface area (Å²) in [4.78, 5) is 11.5. The summed E-state index contributed by atoms with van der Waals surface area (Å²) < 4.78 is 7.02. The number of hydrogen-bond acceptors (Lipinski definition) is 6. The maximum Gasteiger partial charge on any atom is 0.270 e. The molecule has 3 aromatic carbocycles. The number of nitrogens with zero attached hydrogens (tertiary/aromatic N) is 1. The van der Waals surface area contributed by atoms with E-state index in [1.165, 1.54) is 12.1 Å². The first-order valence-electron chi connectivity index (χ1n) is 8.15. The number of phenols is 2. The number of benzene rings is 3. The summed E-state index contributed by atoms with van der Waals surface area (Å²) in [5.41, 5.74) is 1.33. The van der Waals surface area contributed by atoms with Crippen LogP contribution in [0.15, 0.2) is 68.7 Å². The Bertz CT molecular complexity index is 1080. The number of anilines is 1. The van der Waals surface area contributed by atoms with Gasteiger partial charge in [-0.25, -0.2) is 0 Å². The van der Waals surface area contributed by atoms with Gasteiger partial charge >= 0.3 is 0 Å². The van der Waals surface area contributed by atoms with Crippen LogP contribution in [0.2, 0.25) is 0 Å². The zero-order valence-corrected chi connectivity index (χ0v) is 17.8. The number of carbonyl (C=O) groups is 1. The quantitative estimate of drug-likeness (QED) is 0.202. The highest BCUT2D eigenvalue weighted by atomic mass is 79.9. The van der Waals surface area contributed by atoms with Crippen LogP contribution in [0.4, 0.5) is 5.69 Å². The zero-order valence-electron chi connectivity index (χ0n) is 14.6. The van der Waals surface area contributed by atoms with Crippen LogP contribution in [-0.4, -0.2) is 27.5 Å². The largest absolute Gasteiger partial charge is 0.507 e. The topological polar surface area (TPSA) is 111 Å². The molecule has 0 spiro atoms. The Morgan fingerprint density at radius 2 is 1.62 bits per heavy atom. The molecule has 0 radical (unpaired) electrons. The Balaban J connectivity index is 1.92. The SMILES string of the molecule is O=C(/C=N/O)Nc1cc(Br)c(Oc2ccc(O)c(-c3ccccc3O)c2)c(Br)c1. The van der Waals surface area contributed by atoms with E-state index in [1.54, 1.807) is 42.5 Å². The molecule has 0 aliphatic carbocycles. The molecule has 3 rings (SSSR count). The van der Waals surface area contributed by atoms with Crippen LogP contribution in [0, 0.1) is 0 Å². The molecule has 0 aromatic heterocycles. The second-order valence-electron chi connectivity index (χ2n) is 5.80. The van der Waals surface area contributed by atoms with Gasteiger partial charge in [0.05, 0.1) is 8.95 Å². The summed E-state index contributed by atoms with van der Waals surface area (Å²) in [6, 6.07) is 14.6. The molecule has 0 unspecified atom stereocenters. The standard InChI is InChI=1S/C20H14Br2N2O5/c21-15-7-11(24-19(27)10-23-28)8-16(22)20(15)29-12-5-6-18(26)14(9-12)13-3-1-2-4-17(13)25/h1-10,25-26,28H,(H,24,27)/b23-10+. The smallest absolute Gasteiger partial charge is 0.270 e.